The lowest BCUT2D eigenvalue weighted by Crippen LogP contribution is -2.17. The molecule has 2 N–H and O–H groups in total. The van der Waals surface area contributed by atoms with E-state index in [-0.39, 0.29) is 17.4 Å². The van der Waals surface area contributed by atoms with Gasteiger partial charge in [-0.1, -0.05) is 38.1 Å². The second-order valence-electron chi connectivity index (χ2n) is 5.00. The van der Waals surface area contributed by atoms with Gasteiger partial charge in [-0.15, -0.1) is 0 Å². The maximum Gasteiger partial charge on any atom is 0.181 e. The van der Waals surface area contributed by atoms with Gasteiger partial charge >= 0.3 is 0 Å². The van der Waals surface area contributed by atoms with Crippen molar-refractivity contribution in [1.82, 2.24) is 0 Å². The number of Topliss-reactive ketones (excluding diaryl/α,β-unsaturated/α-hetero) is 1. The predicted molar refractivity (Wildman–Crippen MR) is 80.1 cm³/mol. The molecule has 3 heteroatoms. The van der Waals surface area contributed by atoms with Crippen LogP contribution in [0.15, 0.2) is 41.0 Å². The quantitative estimate of drug-likeness (QED) is 0.652. The van der Waals surface area contributed by atoms with Crippen LogP contribution in [0.25, 0.3) is 0 Å². The molecule has 0 heterocycles. The Morgan fingerprint density at radius 2 is 2.00 bits per heavy atom. The fourth-order valence-corrected chi connectivity index (χ4v) is 1.67. The van der Waals surface area contributed by atoms with Gasteiger partial charge in [0.1, 0.15) is 0 Å². The second-order valence-corrected chi connectivity index (χ2v) is 5.00. The van der Waals surface area contributed by atoms with Crippen LogP contribution in [-0.2, 0) is 11.3 Å². The van der Waals surface area contributed by atoms with Gasteiger partial charge in [0.25, 0.3) is 0 Å². The lowest BCUT2D eigenvalue weighted by atomic mass is 10.1. The fourth-order valence-electron chi connectivity index (χ4n) is 1.67. The molecule has 0 saturated heterocycles. The summed E-state index contributed by atoms with van der Waals surface area (Å²) in [5.41, 5.74) is 9.20. The Balaban J connectivity index is 2.76. The topological polar surface area (TPSA) is 55.5 Å². The molecule has 3 nitrogen and oxygen atoms in total. The molecule has 0 spiro atoms. The Labute approximate surface area is 115 Å². The van der Waals surface area contributed by atoms with Crippen LogP contribution in [0.2, 0.25) is 0 Å². The number of nitrogens with two attached hydrogens (primary N) is 1. The van der Waals surface area contributed by atoms with Crippen molar-refractivity contribution >= 4 is 11.5 Å². The number of hydrogen-bond acceptors (Lipinski definition) is 3. The summed E-state index contributed by atoms with van der Waals surface area (Å²) in [6, 6.07) is 8.12. The molecular formula is C16H22N2O. The van der Waals surface area contributed by atoms with Gasteiger partial charge in [-0.2, -0.15) is 0 Å². The van der Waals surface area contributed by atoms with Crippen LogP contribution in [0.3, 0.4) is 0 Å². The molecule has 0 unspecified atom stereocenters. The number of benzene rings is 1. The molecule has 0 fully saturated rings. The monoisotopic (exact) mass is 258 g/mol. The average molecular weight is 258 g/mol. The largest absolute Gasteiger partial charge is 0.396 e. The van der Waals surface area contributed by atoms with Gasteiger partial charge in [0.05, 0.1) is 12.2 Å². The number of allylic oxidation sites excluding steroid dienone is 2. The summed E-state index contributed by atoms with van der Waals surface area (Å²) in [6.45, 7) is 8.20. The van der Waals surface area contributed by atoms with Crippen molar-refractivity contribution in [3.63, 3.8) is 0 Å². The van der Waals surface area contributed by atoms with Gasteiger partial charge in [0, 0.05) is 11.6 Å². The molecule has 19 heavy (non-hydrogen) atoms. The highest BCUT2D eigenvalue weighted by atomic mass is 16.1. The first-order valence-electron chi connectivity index (χ1n) is 6.48. The minimum absolute atomic E-state index is 0.0366. The van der Waals surface area contributed by atoms with Crippen LogP contribution >= 0.6 is 0 Å². The highest BCUT2D eigenvalue weighted by molar-refractivity contribution is 6.03. The van der Waals surface area contributed by atoms with Gasteiger partial charge in [-0.25, -0.2) is 0 Å². The predicted octanol–water partition coefficient (Wildman–Crippen LogP) is 3.02. The van der Waals surface area contributed by atoms with E-state index in [0.717, 1.165) is 5.71 Å². The molecule has 0 radical (unpaired) electrons. The molecule has 0 atom stereocenters. The first-order chi connectivity index (χ1) is 8.91. The van der Waals surface area contributed by atoms with E-state index in [2.05, 4.69) is 24.0 Å². The third kappa shape index (κ3) is 4.70. The number of ketones is 1. The zero-order valence-electron chi connectivity index (χ0n) is 12.1. The van der Waals surface area contributed by atoms with Gasteiger partial charge in [0.2, 0.25) is 0 Å². The van der Waals surface area contributed by atoms with Crippen LogP contribution < -0.4 is 5.73 Å². The molecular weight excluding hydrogens is 236 g/mol. The number of hydrogen-bond donors (Lipinski definition) is 1. The molecule has 0 saturated carbocycles. The average Bonchev–Trinajstić information content (AvgIpc) is 2.36. The lowest BCUT2D eigenvalue weighted by Gasteiger charge is -2.05. The first kappa shape index (κ1) is 15.2. The Hall–Kier alpha value is -1.90. The van der Waals surface area contributed by atoms with Gasteiger partial charge < -0.3 is 5.73 Å². The van der Waals surface area contributed by atoms with Gasteiger partial charge in [0.15, 0.2) is 5.78 Å². The smallest absolute Gasteiger partial charge is 0.181 e. The maximum absolute atomic E-state index is 11.7. The van der Waals surface area contributed by atoms with E-state index in [1.165, 1.54) is 11.1 Å². The van der Waals surface area contributed by atoms with E-state index in [1.807, 2.05) is 32.9 Å². The number of rotatable bonds is 5. The van der Waals surface area contributed by atoms with Gasteiger partial charge in [-0.3, -0.25) is 9.79 Å². The standard InChI is InChI=1S/C16H22N2O/c1-11(2)16(19)15(17)9-13(4)18-10-14-8-6-5-7-12(14)3/h5-9,11H,10,17H2,1-4H3. The lowest BCUT2D eigenvalue weighted by molar-refractivity contribution is -0.118. The highest BCUT2D eigenvalue weighted by Crippen LogP contribution is 2.08. The van der Waals surface area contributed by atoms with Crippen molar-refractivity contribution in [3.05, 3.63) is 47.2 Å². The maximum atomic E-state index is 11.7. The van der Waals surface area contributed by atoms with E-state index >= 15 is 0 Å². The van der Waals surface area contributed by atoms with Crippen molar-refractivity contribution in [3.8, 4) is 0 Å². The SMILES string of the molecule is CC(C=C(N)C(=O)C(C)C)=NCc1ccccc1C. The third-order valence-electron chi connectivity index (χ3n) is 2.93. The molecule has 102 valence electrons. The minimum Gasteiger partial charge on any atom is -0.396 e. The van der Waals surface area contributed by atoms with E-state index < -0.39 is 0 Å². The van der Waals surface area contributed by atoms with E-state index in [0.29, 0.717) is 6.54 Å². The van der Waals surface area contributed by atoms with Crippen molar-refractivity contribution in [2.24, 2.45) is 16.6 Å². The molecule has 1 aromatic carbocycles. The van der Waals surface area contributed by atoms with Crippen LogP contribution in [0.1, 0.15) is 31.9 Å². The van der Waals surface area contributed by atoms with E-state index in [1.54, 1.807) is 6.08 Å². The third-order valence-corrected chi connectivity index (χ3v) is 2.93. The normalized spacial score (nSPS) is 12.9. The van der Waals surface area contributed by atoms with E-state index in [4.69, 9.17) is 5.73 Å². The fraction of sp³-hybridized carbons (Fsp3) is 0.375. The molecule has 1 rings (SSSR count). The number of carbonyl (C=O) groups excluding carboxylic acids is 1. The number of carbonyl (C=O) groups is 1. The van der Waals surface area contributed by atoms with Crippen LogP contribution in [0.5, 0.6) is 0 Å². The summed E-state index contributed by atoms with van der Waals surface area (Å²) in [6.07, 6.45) is 1.65. The number of aryl methyl sites for hydroxylation is 1. The molecule has 0 bridgehead atoms. The number of aliphatic imine (C=N–C) groups is 1. The zero-order chi connectivity index (χ0) is 14.4. The van der Waals surface area contributed by atoms with E-state index in [9.17, 15) is 4.79 Å². The Bertz CT molecular complexity index is 513. The molecule has 0 aliphatic heterocycles. The summed E-state index contributed by atoms with van der Waals surface area (Å²) in [7, 11) is 0. The summed E-state index contributed by atoms with van der Waals surface area (Å²) in [5.74, 6) is -0.120. The molecule has 0 aliphatic rings. The van der Waals surface area contributed by atoms with Crippen molar-refractivity contribution in [1.29, 1.82) is 0 Å². The summed E-state index contributed by atoms with van der Waals surface area (Å²) >= 11 is 0. The van der Waals surface area contributed by atoms with Gasteiger partial charge in [-0.05, 0) is 31.1 Å². The Morgan fingerprint density at radius 1 is 1.37 bits per heavy atom. The van der Waals surface area contributed by atoms with Crippen molar-refractivity contribution < 1.29 is 4.79 Å². The van der Waals surface area contributed by atoms with Crippen LogP contribution in [-0.4, -0.2) is 11.5 Å². The molecule has 1 aromatic rings. The molecule has 0 aliphatic carbocycles. The minimum atomic E-state index is -0.0829. The summed E-state index contributed by atoms with van der Waals surface area (Å²) in [5, 5.41) is 0. The van der Waals surface area contributed by atoms with Crippen LogP contribution in [0.4, 0.5) is 0 Å². The summed E-state index contributed by atoms with van der Waals surface area (Å²) < 4.78 is 0. The van der Waals surface area contributed by atoms with Crippen molar-refractivity contribution in [2.45, 2.75) is 34.2 Å². The van der Waals surface area contributed by atoms with Crippen molar-refractivity contribution in [2.75, 3.05) is 0 Å². The number of nitrogens with zero attached hydrogens (tertiary/aromatic N) is 1. The molecule has 0 amide bonds. The molecule has 0 aromatic heterocycles. The highest BCUT2D eigenvalue weighted by Gasteiger charge is 2.09. The zero-order valence-corrected chi connectivity index (χ0v) is 12.1. The Kier molecular flexibility index (Phi) is 5.49. The second kappa shape index (κ2) is 6.88. The first-order valence-corrected chi connectivity index (χ1v) is 6.48. The van der Waals surface area contributed by atoms with Crippen LogP contribution in [0, 0.1) is 12.8 Å². The summed E-state index contributed by atoms with van der Waals surface area (Å²) in [4.78, 5) is 16.1. The Morgan fingerprint density at radius 3 is 2.58 bits per heavy atom.